The van der Waals surface area contributed by atoms with Crippen LogP contribution in [0, 0.1) is 11.8 Å². The average Bonchev–Trinajstić information content (AvgIpc) is 3.49. The van der Waals surface area contributed by atoms with E-state index in [1.807, 2.05) is 31.2 Å². The molecule has 0 heterocycles. The first-order valence-corrected chi connectivity index (χ1v) is 8.92. The van der Waals surface area contributed by atoms with Gasteiger partial charge in [-0.15, -0.1) is 0 Å². The number of amides is 2. The third kappa shape index (κ3) is 4.16. The number of carbonyl (C=O) groups excluding carboxylic acids is 3. The van der Waals surface area contributed by atoms with Crippen molar-refractivity contribution in [3.8, 4) is 0 Å². The van der Waals surface area contributed by atoms with E-state index >= 15 is 0 Å². The summed E-state index contributed by atoms with van der Waals surface area (Å²) in [6, 6.07) is 14.3. The summed E-state index contributed by atoms with van der Waals surface area (Å²) in [4.78, 5) is 36.8. The Kier molecular flexibility index (Phi) is 5.54. The summed E-state index contributed by atoms with van der Waals surface area (Å²) in [5, 5.41) is 5.66. The maximum atomic E-state index is 12.5. The van der Waals surface area contributed by atoms with Crippen molar-refractivity contribution < 1.29 is 19.1 Å². The zero-order valence-electron chi connectivity index (χ0n) is 15.3. The Morgan fingerprint density at radius 3 is 2.11 bits per heavy atom. The predicted molar refractivity (Wildman–Crippen MR) is 102 cm³/mol. The molecule has 0 spiro atoms. The number of hydrogen-bond donors (Lipinski definition) is 2. The van der Waals surface area contributed by atoms with Crippen molar-refractivity contribution >= 4 is 29.2 Å². The molecule has 0 aromatic heterocycles. The minimum Gasteiger partial charge on any atom is -0.465 e. The highest BCUT2D eigenvalue weighted by Crippen LogP contribution is 2.40. The molecule has 2 N–H and O–H groups in total. The molecule has 3 rings (SSSR count). The summed E-state index contributed by atoms with van der Waals surface area (Å²) < 4.78 is 4.73. The zero-order valence-corrected chi connectivity index (χ0v) is 15.3. The fourth-order valence-electron chi connectivity index (χ4n) is 3.06. The maximum Gasteiger partial charge on any atom is 0.339 e. The average molecular weight is 366 g/mol. The first-order valence-electron chi connectivity index (χ1n) is 8.92. The lowest BCUT2D eigenvalue weighted by molar-refractivity contribution is -0.122. The summed E-state index contributed by atoms with van der Waals surface area (Å²) in [6.07, 6.45) is 1.31. The van der Waals surface area contributed by atoms with E-state index in [2.05, 4.69) is 10.6 Å². The smallest absolute Gasteiger partial charge is 0.339 e. The van der Waals surface area contributed by atoms with Crippen molar-refractivity contribution in [2.75, 3.05) is 17.7 Å². The summed E-state index contributed by atoms with van der Waals surface area (Å²) in [5.41, 5.74) is 2.51. The second-order valence-electron chi connectivity index (χ2n) is 6.48. The Bertz CT molecular complexity index is 878. The van der Waals surface area contributed by atoms with Crippen LogP contribution in [-0.4, -0.2) is 24.9 Å². The number of methoxy groups -OCH3 is 1. The van der Waals surface area contributed by atoms with E-state index in [1.54, 1.807) is 24.3 Å². The number of esters is 1. The van der Waals surface area contributed by atoms with Gasteiger partial charge < -0.3 is 15.4 Å². The van der Waals surface area contributed by atoms with Crippen molar-refractivity contribution in [1.29, 1.82) is 0 Å². The third-order valence-electron chi connectivity index (χ3n) is 4.71. The van der Waals surface area contributed by atoms with Crippen molar-refractivity contribution in [3.63, 3.8) is 0 Å². The van der Waals surface area contributed by atoms with Crippen LogP contribution in [0.25, 0.3) is 0 Å². The molecule has 6 heteroatoms. The zero-order chi connectivity index (χ0) is 19.4. The Hall–Kier alpha value is -3.15. The van der Waals surface area contributed by atoms with Gasteiger partial charge in [0.1, 0.15) is 0 Å². The molecule has 140 valence electrons. The Morgan fingerprint density at radius 1 is 0.926 bits per heavy atom. The van der Waals surface area contributed by atoms with Crippen LogP contribution in [0.3, 0.4) is 0 Å². The summed E-state index contributed by atoms with van der Waals surface area (Å²) in [7, 11) is 1.29. The molecule has 0 bridgehead atoms. The molecule has 0 saturated heterocycles. The van der Waals surface area contributed by atoms with E-state index < -0.39 is 11.9 Å². The third-order valence-corrected chi connectivity index (χ3v) is 4.71. The van der Waals surface area contributed by atoms with E-state index in [0.29, 0.717) is 12.1 Å². The SMILES string of the molecule is CCc1ccccc1NC(=O)C1CC1C(=O)Nc1ccccc1C(=O)OC. The fraction of sp³-hybridized carbons (Fsp3) is 0.286. The van der Waals surface area contributed by atoms with Gasteiger partial charge in [0, 0.05) is 5.69 Å². The molecule has 6 nitrogen and oxygen atoms in total. The molecule has 2 unspecified atom stereocenters. The molecule has 1 saturated carbocycles. The van der Waals surface area contributed by atoms with Gasteiger partial charge in [-0.2, -0.15) is 0 Å². The van der Waals surface area contributed by atoms with Crippen molar-refractivity contribution in [3.05, 3.63) is 59.7 Å². The van der Waals surface area contributed by atoms with Crippen LogP contribution >= 0.6 is 0 Å². The molecule has 2 aromatic rings. The molecular weight excluding hydrogens is 344 g/mol. The molecule has 2 amide bonds. The molecule has 27 heavy (non-hydrogen) atoms. The van der Waals surface area contributed by atoms with Crippen LogP contribution in [0.15, 0.2) is 48.5 Å². The van der Waals surface area contributed by atoms with Crippen molar-refractivity contribution in [2.45, 2.75) is 19.8 Å². The van der Waals surface area contributed by atoms with E-state index in [4.69, 9.17) is 4.74 Å². The lowest BCUT2D eigenvalue weighted by atomic mass is 10.1. The van der Waals surface area contributed by atoms with Crippen LogP contribution < -0.4 is 10.6 Å². The van der Waals surface area contributed by atoms with Crippen molar-refractivity contribution in [1.82, 2.24) is 0 Å². The normalized spacial score (nSPS) is 17.7. The van der Waals surface area contributed by atoms with Gasteiger partial charge in [-0.1, -0.05) is 37.3 Å². The van der Waals surface area contributed by atoms with Gasteiger partial charge in [0.05, 0.1) is 30.2 Å². The topological polar surface area (TPSA) is 84.5 Å². The van der Waals surface area contributed by atoms with Crippen LogP contribution in [0.5, 0.6) is 0 Å². The minimum atomic E-state index is -0.521. The molecular formula is C21H22N2O4. The molecule has 1 fully saturated rings. The van der Waals surface area contributed by atoms with Crippen LogP contribution in [0.2, 0.25) is 0 Å². The van der Waals surface area contributed by atoms with Crippen LogP contribution in [-0.2, 0) is 20.7 Å². The number of benzene rings is 2. The van der Waals surface area contributed by atoms with E-state index in [1.165, 1.54) is 7.11 Å². The first kappa shape index (κ1) is 18.6. The number of ether oxygens (including phenoxy) is 1. The van der Waals surface area contributed by atoms with Gasteiger partial charge in [-0.05, 0) is 36.6 Å². The van der Waals surface area contributed by atoms with E-state index in [0.717, 1.165) is 17.7 Å². The van der Waals surface area contributed by atoms with Crippen LogP contribution in [0.1, 0.15) is 29.3 Å². The monoisotopic (exact) mass is 366 g/mol. The Balaban J connectivity index is 1.63. The minimum absolute atomic E-state index is 0.155. The maximum absolute atomic E-state index is 12.5. The number of carbonyl (C=O) groups is 3. The fourth-order valence-corrected chi connectivity index (χ4v) is 3.06. The number of aryl methyl sites for hydroxylation is 1. The van der Waals surface area contributed by atoms with Gasteiger partial charge in [0.25, 0.3) is 0 Å². The quantitative estimate of drug-likeness (QED) is 0.769. The predicted octanol–water partition coefficient (Wildman–Crippen LogP) is 3.25. The highest BCUT2D eigenvalue weighted by Gasteiger charge is 2.48. The second kappa shape index (κ2) is 8.03. The lowest BCUT2D eigenvalue weighted by Gasteiger charge is -2.11. The first-order chi connectivity index (χ1) is 13.0. The largest absolute Gasteiger partial charge is 0.465 e. The number of hydrogen-bond acceptors (Lipinski definition) is 4. The number of nitrogens with one attached hydrogen (secondary N) is 2. The number of anilines is 2. The molecule has 2 atom stereocenters. The summed E-state index contributed by atoms with van der Waals surface area (Å²) in [6.45, 7) is 2.02. The van der Waals surface area contributed by atoms with E-state index in [9.17, 15) is 14.4 Å². The number of rotatable bonds is 6. The molecule has 1 aliphatic rings. The summed E-state index contributed by atoms with van der Waals surface area (Å²) in [5.74, 6) is -1.70. The molecule has 2 aromatic carbocycles. The Morgan fingerprint density at radius 2 is 1.48 bits per heavy atom. The van der Waals surface area contributed by atoms with Gasteiger partial charge in [-0.25, -0.2) is 4.79 Å². The van der Waals surface area contributed by atoms with Crippen LogP contribution in [0.4, 0.5) is 11.4 Å². The van der Waals surface area contributed by atoms with E-state index in [-0.39, 0.29) is 23.3 Å². The van der Waals surface area contributed by atoms with Gasteiger partial charge >= 0.3 is 5.97 Å². The number of para-hydroxylation sites is 2. The Labute approximate surface area is 157 Å². The molecule has 0 radical (unpaired) electrons. The lowest BCUT2D eigenvalue weighted by Crippen LogP contribution is -2.22. The van der Waals surface area contributed by atoms with Crippen molar-refractivity contribution in [2.24, 2.45) is 11.8 Å². The second-order valence-corrected chi connectivity index (χ2v) is 6.48. The standard InChI is InChI=1S/C21H22N2O4/c1-3-13-8-4-6-10-17(13)22-19(24)15-12-16(15)20(25)23-18-11-7-5-9-14(18)21(26)27-2/h4-11,15-16H,3,12H2,1-2H3,(H,22,24)(H,23,25). The highest BCUT2D eigenvalue weighted by molar-refractivity contribution is 6.06. The van der Waals surface area contributed by atoms with Gasteiger partial charge in [-0.3, -0.25) is 9.59 Å². The highest BCUT2D eigenvalue weighted by atomic mass is 16.5. The molecule has 1 aliphatic carbocycles. The van der Waals surface area contributed by atoms with Gasteiger partial charge in [0.15, 0.2) is 0 Å². The summed E-state index contributed by atoms with van der Waals surface area (Å²) >= 11 is 0. The molecule has 0 aliphatic heterocycles. The van der Waals surface area contributed by atoms with Gasteiger partial charge in [0.2, 0.25) is 11.8 Å².